The van der Waals surface area contributed by atoms with Gasteiger partial charge < -0.3 is 9.84 Å². The van der Waals surface area contributed by atoms with E-state index >= 15 is 0 Å². The second-order valence-corrected chi connectivity index (χ2v) is 7.60. The maximum absolute atomic E-state index is 10.2. The van der Waals surface area contributed by atoms with Crippen molar-refractivity contribution in [2.45, 2.75) is 32.0 Å². The summed E-state index contributed by atoms with van der Waals surface area (Å²) in [7, 11) is 0. The van der Waals surface area contributed by atoms with Gasteiger partial charge in [-0.2, -0.15) is 0 Å². The van der Waals surface area contributed by atoms with Gasteiger partial charge >= 0.3 is 0 Å². The van der Waals surface area contributed by atoms with Crippen LogP contribution in [0.1, 0.15) is 35.6 Å². The number of hydrogen-bond donors (Lipinski definition) is 1. The monoisotopic (exact) mass is 381 g/mol. The summed E-state index contributed by atoms with van der Waals surface area (Å²) in [5.74, 6) is 1.32. The number of pyridine rings is 1. The topological polar surface area (TPSA) is 42.4 Å². The maximum Gasteiger partial charge on any atom is 0.119 e. The highest BCUT2D eigenvalue weighted by Crippen LogP contribution is 2.45. The first-order chi connectivity index (χ1) is 14.3. The Labute approximate surface area is 170 Å². The molecule has 0 saturated heterocycles. The molecule has 4 aromatic rings. The summed E-state index contributed by atoms with van der Waals surface area (Å²) < 4.78 is 5.94. The minimum atomic E-state index is 0.00522. The first-order valence-electron chi connectivity index (χ1n) is 10.1. The molecule has 1 saturated carbocycles. The van der Waals surface area contributed by atoms with Crippen LogP contribution in [0, 0.1) is 0 Å². The normalized spacial score (nSPS) is 13.6. The highest BCUT2D eigenvalue weighted by molar-refractivity contribution is 5.96. The minimum Gasteiger partial charge on any atom is -0.489 e. The van der Waals surface area contributed by atoms with Crippen LogP contribution in [0.25, 0.3) is 22.0 Å². The van der Waals surface area contributed by atoms with Gasteiger partial charge in [0.05, 0.1) is 17.8 Å². The van der Waals surface area contributed by atoms with Crippen LogP contribution >= 0.6 is 0 Å². The van der Waals surface area contributed by atoms with E-state index in [0.717, 1.165) is 57.4 Å². The number of aliphatic hydroxyl groups excluding tert-OH is 1. The van der Waals surface area contributed by atoms with Crippen LogP contribution in [-0.2, 0) is 13.2 Å². The van der Waals surface area contributed by atoms with E-state index in [2.05, 4.69) is 36.4 Å². The predicted octanol–water partition coefficient (Wildman–Crippen LogP) is 5.85. The van der Waals surface area contributed by atoms with Crippen LogP contribution in [0.2, 0.25) is 0 Å². The third-order valence-corrected chi connectivity index (χ3v) is 5.54. The Hall–Kier alpha value is -3.17. The Bertz CT molecular complexity index is 1130. The van der Waals surface area contributed by atoms with Gasteiger partial charge in [0.1, 0.15) is 12.4 Å². The number of aromatic nitrogens is 1. The van der Waals surface area contributed by atoms with Crippen LogP contribution in [-0.4, -0.2) is 10.1 Å². The van der Waals surface area contributed by atoms with E-state index in [1.165, 1.54) is 0 Å². The summed E-state index contributed by atoms with van der Waals surface area (Å²) in [4.78, 5) is 4.89. The molecule has 3 aromatic carbocycles. The van der Waals surface area contributed by atoms with Crippen molar-refractivity contribution in [2.75, 3.05) is 0 Å². The van der Waals surface area contributed by atoms with Gasteiger partial charge in [0.2, 0.25) is 0 Å². The van der Waals surface area contributed by atoms with Gasteiger partial charge in [-0.05, 0) is 47.7 Å². The van der Waals surface area contributed by atoms with Gasteiger partial charge in [-0.3, -0.25) is 4.98 Å². The molecule has 0 unspecified atom stereocenters. The standard InChI is InChI=1S/C26H23NO2/c28-16-23-25(22-8-4-5-9-24(22)27-26(23)20-10-11-20)19-12-14-21(15-13-19)29-17-18-6-2-1-3-7-18/h1-9,12-15,20,28H,10-11,16-17H2. The Morgan fingerprint density at radius 3 is 2.31 bits per heavy atom. The van der Waals surface area contributed by atoms with Crippen molar-refractivity contribution in [3.63, 3.8) is 0 Å². The molecule has 5 rings (SSSR count). The molecule has 0 spiro atoms. The zero-order valence-corrected chi connectivity index (χ0v) is 16.2. The van der Waals surface area contributed by atoms with Crippen molar-refractivity contribution in [3.05, 3.63) is 95.7 Å². The third-order valence-electron chi connectivity index (χ3n) is 5.54. The second-order valence-electron chi connectivity index (χ2n) is 7.60. The molecule has 3 heteroatoms. The summed E-state index contributed by atoms with van der Waals surface area (Å²) in [6.45, 7) is 0.553. The zero-order valence-electron chi connectivity index (χ0n) is 16.2. The van der Waals surface area contributed by atoms with E-state index in [1.807, 2.05) is 42.5 Å². The third kappa shape index (κ3) is 3.62. The number of fused-ring (bicyclic) bond motifs is 1. The number of hydrogen-bond acceptors (Lipinski definition) is 3. The summed E-state index contributed by atoms with van der Waals surface area (Å²) in [5, 5.41) is 11.3. The van der Waals surface area contributed by atoms with Crippen molar-refractivity contribution >= 4 is 10.9 Å². The Balaban J connectivity index is 1.51. The Morgan fingerprint density at radius 1 is 0.862 bits per heavy atom. The lowest BCUT2D eigenvalue weighted by molar-refractivity contribution is 0.280. The first-order valence-corrected chi connectivity index (χ1v) is 10.1. The highest BCUT2D eigenvalue weighted by Gasteiger charge is 2.29. The van der Waals surface area contributed by atoms with E-state index in [4.69, 9.17) is 9.72 Å². The van der Waals surface area contributed by atoms with Gasteiger partial charge in [-0.1, -0.05) is 60.7 Å². The molecule has 1 aliphatic carbocycles. The molecule has 0 amide bonds. The maximum atomic E-state index is 10.2. The lowest BCUT2D eigenvalue weighted by atomic mass is 9.93. The summed E-state index contributed by atoms with van der Waals surface area (Å²) in [6.07, 6.45) is 2.31. The molecule has 1 fully saturated rings. The van der Waals surface area contributed by atoms with Crippen molar-refractivity contribution in [3.8, 4) is 16.9 Å². The highest BCUT2D eigenvalue weighted by atomic mass is 16.5. The molecular weight excluding hydrogens is 358 g/mol. The fourth-order valence-corrected chi connectivity index (χ4v) is 3.91. The molecule has 0 bridgehead atoms. The predicted molar refractivity (Wildman–Crippen MR) is 116 cm³/mol. The van der Waals surface area contributed by atoms with Crippen LogP contribution in [0.3, 0.4) is 0 Å². The molecule has 1 heterocycles. The van der Waals surface area contributed by atoms with Crippen LogP contribution < -0.4 is 4.74 Å². The molecule has 0 aliphatic heterocycles. The van der Waals surface area contributed by atoms with Crippen molar-refractivity contribution < 1.29 is 9.84 Å². The van der Waals surface area contributed by atoms with Crippen LogP contribution in [0.15, 0.2) is 78.9 Å². The van der Waals surface area contributed by atoms with E-state index in [1.54, 1.807) is 0 Å². The average molecular weight is 381 g/mol. The number of rotatable bonds is 6. The summed E-state index contributed by atoms with van der Waals surface area (Å²) in [5.41, 5.74) is 6.34. The average Bonchev–Trinajstić information content (AvgIpc) is 3.63. The molecule has 1 N–H and O–H groups in total. The van der Waals surface area contributed by atoms with Gasteiger partial charge in [0, 0.05) is 16.9 Å². The van der Waals surface area contributed by atoms with Crippen LogP contribution in [0.4, 0.5) is 0 Å². The van der Waals surface area contributed by atoms with Gasteiger partial charge in [-0.15, -0.1) is 0 Å². The minimum absolute atomic E-state index is 0.00522. The molecule has 0 atom stereocenters. The lowest BCUT2D eigenvalue weighted by Crippen LogP contribution is -2.02. The van der Waals surface area contributed by atoms with E-state index < -0.39 is 0 Å². The van der Waals surface area contributed by atoms with Crippen molar-refractivity contribution in [1.82, 2.24) is 4.98 Å². The van der Waals surface area contributed by atoms with Crippen LogP contribution in [0.5, 0.6) is 5.75 Å². The fourth-order valence-electron chi connectivity index (χ4n) is 3.91. The van der Waals surface area contributed by atoms with E-state index in [9.17, 15) is 5.11 Å². The molecule has 0 radical (unpaired) electrons. The van der Waals surface area contributed by atoms with Gasteiger partial charge in [0.15, 0.2) is 0 Å². The first kappa shape index (κ1) is 17.9. The molecule has 3 nitrogen and oxygen atoms in total. The fraction of sp³-hybridized carbons (Fsp3) is 0.192. The Morgan fingerprint density at radius 2 is 1.59 bits per heavy atom. The molecule has 1 aromatic heterocycles. The molecule has 144 valence electrons. The van der Waals surface area contributed by atoms with Gasteiger partial charge in [0.25, 0.3) is 0 Å². The number of aliphatic hydroxyl groups is 1. The lowest BCUT2D eigenvalue weighted by Gasteiger charge is -2.16. The van der Waals surface area contributed by atoms with E-state index in [0.29, 0.717) is 12.5 Å². The SMILES string of the molecule is OCc1c(C2CC2)nc2ccccc2c1-c1ccc(OCc2ccccc2)cc1. The quantitative estimate of drug-likeness (QED) is 0.455. The molecule has 29 heavy (non-hydrogen) atoms. The Kier molecular flexibility index (Phi) is 4.74. The smallest absolute Gasteiger partial charge is 0.119 e. The van der Waals surface area contributed by atoms with E-state index in [-0.39, 0.29) is 6.61 Å². The molecular formula is C26H23NO2. The largest absolute Gasteiger partial charge is 0.489 e. The summed E-state index contributed by atoms with van der Waals surface area (Å²) >= 11 is 0. The zero-order chi connectivity index (χ0) is 19.6. The van der Waals surface area contributed by atoms with Crippen molar-refractivity contribution in [1.29, 1.82) is 0 Å². The van der Waals surface area contributed by atoms with Gasteiger partial charge in [-0.25, -0.2) is 0 Å². The molecule has 1 aliphatic rings. The second kappa shape index (κ2) is 7.69. The number of para-hydroxylation sites is 1. The number of nitrogens with zero attached hydrogens (tertiary/aromatic N) is 1. The summed E-state index contributed by atoms with van der Waals surface area (Å²) in [6, 6.07) is 26.5. The number of benzene rings is 3. The number of ether oxygens (including phenoxy) is 1. The van der Waals surface area contributed by atoms with Crippen molar-refractivity contribution in [2.24, 2.45) is 0 Å².